The number of rotatable bonds is 4. The second-order valence-electron chi connectivity index (χ2n) is 5.67. The predicted molar refractivity (Wildman–Crippen MR) is 97.8 cm³/mol. The second-order valence-corrected chi connectivity index (χ2v) is 7.09. The zero-order valence-electron chi connectivity index (χ0n) is 14.4. The zero-order chi connectivity index (χ0) is 19.2. The molecule has 0 aliphatic carbocycles. The molecule has 1 N–H and O–H groups in total. The maximum Gasteiger partial charge on any atom is 0.416 e. The van der Waals surface area contributed by atoms with Crippen LogP contribution >= 0.6 is 11.8 Å². The Morgan fingerprint density at radius 3 is 2.54 bits per heavy atom. The maximum atomic E-state index is 12.6. The van der Waals surface area contributed by atoms with Crippen LogP contribution in [0.4, 0.5) is 13.2 Å². The summed E-state index contributed by atoms with van der Waals surface area (Å²) in [6, 6.07) is 12.7. The quantitative estimate of drug-likeness (QED) is 0.620. The molecule has 0 bridgehead atoms. The molecule has 2 aromatic carbocycles. The zero-order valence-corrected chi connectivity index (χ0v) is 15.2. The molecule has 1 amide bonds. The van der Waals surface area contributed by atoms with E-state index in [4.69, 9.17) is 0 Å². The van der Waals surface area contributed by atoms with Crippen LogP contribution in [-0.2, 0) is 11.0 Å². The van der Waals surface area contributed by atoms with Gasteiger partial charge in [0.05, 0.1) is 17.4 Å². The molecule has 0 aliphatic heterocycles. The van der Waals surface area contributed by atoms with Crippen molar-refractivity contribution in [2.24, 2.45) is 0 Å². The fourth-order valence-corrected chi connectivity index (χ4v) is 2.96. The lowest BCUT2D eigenvalue weighted by atomic mass is 10.1. The molecule has 0 heterocycles. The van der Waals surface area contributed by atoms with E-state index < -0.39 is 11.7 Å². The summed E-state index contributed by atoms with van der Waals surface area (Å²) in [6.45, 7) is 3.86. The van der Waals surface area contributed by atoms with Gasteiger partial charge in [-0.3, -0.25) is 4.79 Å². The Morgan fingerprint density at radius 2 is 1.88 bits per heavy atom. The molecule has 2 aromatic rings. The van der Waals surface area contributed by atoms with E-state index in [9.17, 15) is 18.0 Å². The molecular formula is C20H18F3NOS. The van der Waals surface area contributed by atoms with Crippen molar-refractivity contribution < 1.29 is 18.0 Å². The molecule has 2 rings (SSSR count). The average Bonchev–Trinajstić information content (AvgIpc) is 2.60. The lowest BCUT2D eigenvalue weighted by Gasteiger charge is -2.10. The molecule has 0 saturated carbocycles. The third-order valence-electron chi connectivity index (χ3n) is 3.48. The van der Waals surface area contributed by atoms with Gasteiger partial charge in [0.15, 0.2) is 0 Å². The van der Waals surface area contributed by atoms with E-state index in [1.54, 1.807) is 6.92 Å². The van der Waals surface area contributed by atoms with E-state index in [2.05, 4.69) is 17.2 Å². The minimum Gasteiger partial charge on any atom is -0.344 e. The van der Waals surface area contributed by atoms with E-state index in [1.807, 2.05) is 31.2 Å². The number of hydrogen-bond acceptors (Lipinski definition) is 2. The van der Waals surface area contributed by atoms with Crippen LogP contribution in [0.15, 0.2) is 53.4 Å². The SMILES string of the molecule is Cc1ccc(SC(C)C(=O)NCC#Cc2cccc(C(F)(F)F)c2)cc1. The minimum atomic E-state index is -4.39. The first kappa shape index (κ1) is 19.9. The first-order valence-corrected chi connectivity index (χ1v) is 8.81. The van der Waals surface area contributed by atoms with Gasteiger partial charge in [-0.15, -0.1) is 11.8 Å². The van der Waals surface area contributed by atoms with Crippen molar-refractivity contribution in [1.82, 2.24) is 5.32 Å². The molecule has 136 valence electrons. The predicted octanol–water partition coefficient (Wildman–Crippen LogP) is 4.66. The minimum absolute atomic E-state index is 0.0773. The van der Waals surface area contributed by atoms with E-state index in [0.717, 1.165) is 22.6 Å². The van der Waals surface area contributed by atoms with Crippen LogP contribution < -0.4 is 5.32 Å². The highest BCUT2D eigenvalue weighted by molar-refractivity contribution is 8.00. The van der Waals surface area contributed by atoms with Gasteiger partial charge in [0.2, 0.25) is 5.91 Å². The monoisotopic (exact) mass is 377 g/mol. The number of thioether (sulfide) groups is 1. The number of nitrogens with one attached hydrogen (secondary N) is 1. The number of alkyl halides is 3. The fourth-order valence-electron chi connectivity index (χ4n) is 2.07. The van der Waals surface area contributed by atoms with Gasteiger partial charge in [0, 0.05) is 10.5 Å². The largest absolute Gasteiger partial charge is 0.416 e. The van der Waals surface area contributed by atoms with Crippen molar-refractivity contribution >= 4 is 17.7 Å². The second kappa shape index (κ2) is 8.81. The maximum absolute atomic E-state index is 12.6. The summed E-state index contributed by atoms with van der Waals surface area (Å²) in [5.74, 6) is 5.14. The van der Waals surface area contributed by atoms with Gasteiger partial charge in [-0.2, -0.15) is 13.2 Å². The highest BCUT2D eigenvalue weighted by atomic mass is 32.2. The molecule has 0 fully saturated rings. The summed E-state index contributed by atoms with van der Waals surface area (Å²) in [7, 11) is 0. The molecule has 6 heteroatoms. The Kier molecular flexibility index (Phi) is 6.76. The van der Waals surface area contributed by atoms with E-state index in [0.29, 0.717) is 0 Å². The van der Waals surface area contributed by atoms with Crippen LogP contribution in [0.2, 0.25) is 0 Å². The van der Waals surface area contributed by atoms with Crippen LogP contribution in [0, 0.1) is 18.8 Å². The summed E-state index contributed by atoms with van der Waals surface area (Å²) < 4.78 is 37.9. The topological polar surface area (TPSA) is 29.1 Å². The lowest BCUT2D eigenvalue weighted by Crippen LogP contribution is -2.31. The summed E-state index contributed by atoms with van der Waals surface area (Å²) in [5.41, 5.74) is 0.670. The lowest BCUT2D eigenvalue weighted by molar-refractivity contribution is -0.137. The molecule has 2 nitrogen and oxygen atoms in total. The summed E-state index contributed by atoms with van der Waals surface area (Å²) in [4.78, 5) is 13.1. The van der Waals surface area contributed by atoms with Gasteiger partial charge < -0.3 is 5.32 Å². The summed E-state index contributed by atoms with van der Waals surface area (Å²) >= 11 is 1.43. The van der Waals surface area contributed by atoms with Gasteiger partial charge in [-0.1, -0.05) is 35.6 Å². The van der Waals surface area contributed by atoms with Crippen molar-refractivity contribution in [3.05, 3.63) is 65.2 Å². The third kappa shape index (κ3) is 6.16. The molecule has 0 aliphatic rings. The molecule has 26 heavy (non-hydrogen) atoms. The Morgan fingerprint density at radius 1 is 1.19 bits per heavy atom. The Bertz CT molecular complexity index is 819. The molecule has 0 saturated heterocycles. The first-order chi connectivity index (χ1) is 12.3. The first-order valence-electron chi connectivity index (χ1n) is 7.93. The molecule has 1 atom stereocenters. The van der Waals surface area contributed by atoms with Gasteiger partial charge in [-0.25, -0.2) is 0 Å². The van der Waals surface area contributed by atoms with Crippen molar-refractivity contribution in [1.29, 1.82) is 0 Å². The van der Waals surface area contributed by atoms with Gasteiger partial charge in [0.1, 0.15) is 0 Å². The number of halogens is 3. The standard InChI is InChI=1S/C20H18F3NOS/c1-14-8-10-18(11-9-14)26-15(2)19(25)24-12-4-6-16-5-3-7-17(13-16)20(21,22)23/h3,5,7-11,13,15H,12H2,1-2H3,(H,24,25). The van der Waals surface area contributed by atoms with Crippen molar-refractivity contribution in [2.75, 3.05) is 6.54 Å². The number of carbonyl (C=O) groups excluding carboxylic acids is 1. The highest BCUT2D eigenvalue weighted by Gasteiger charge is 2.30. The van der Waals surface area contributed by atoms with E-state index in [1.165, 1.54) is 23.9 Å². The van der Waals surface area contributed by atoms with Crippen LogP contribution in [0.1, 0.15) is 23.6 Å². The number of aryl methyl sites for hydroxylation is 1. The normalized spacial score (nSPS) is 12.0. The van der Waals surface area contributed by atoms with Crippen LogP contribution in [0.3, 0.4) is 0 Å². The molecule has 0 aromatic heterocycles. The van der Waals surface area contributed by atoms with Crippen molar-refractivity contribution in [3.8, 4) is 11.8 Å². The number of benzene rings is 2. The van der Waals surface area contributed by atoms with Crippen LogP contribution in [-0.4, -0.2) is 17.7 Å². The fraction of sp³-hybridized carbons (Fsp3) is 0.250. The Hall–Kier alpha value is -2.39. The van der Waals surface area contributed by atoms with Crippen molar-refractivity contribution in [3.63, 3.8) is 0 Å². The third-order valence-corrected chi connectivity index (χ3v) is 4.59. The summed E-state index contributed by atoms with van der Waals surface area (Å²) in [6.07, 6.45) is -4.39. The molecule has 0 spiro atoms. The smallest absolute Gasteiger partial charge is 0.344 e. The van der Waals surface area contributed by atoms with Crippen LogP contribution in [0.25, 0.3) is 0 Å². The number of carbonyl (C=O) groups is 1. The van der Waals surface area contributed by atoms with Crippen LogP contribution in [0.5, 0.6) is 0 Å². The molecule has 0 radical (unpaired) electrons. The highest BCUT2D eigenvalue weighted by Crippen LogP contribution is 2.29. The van der Waals surface area contributed by atoms with Gasteiger partial charge in [0.25, 0.3) is 0 Å². The number of amides is 1. The summed E-state index contributed by atoms with van der Waals surface area (Å²) in [5, 5.41) is 2.38. The van der Waals surface area contributed by atoms with E-state index in [-0.39, 0.29) is 23.3 Å². The number of hydrogen-bond donors (Lipinski definition) is 1. The molecular weight excluding hydrogens is 359 g/mol. The average molecular weight is 377 g/mol. The van der Waals surface area contributed by atoms with Gasteiger partial charge >= 0.3 is 6.18 Å². The molecule has 1 unspecified atom stereocenters. The Labute approximate surface area is 155 Å². The Balaban J connectivity index is 1.87. The van der Waals surface area contributed by atoms with E-state index >= 15 is 0 Å². The van der Waals surface area contributed by atoms with Gasteiger partial charge in [-0.05, 0) is 44.2 Å². The van der Waals surface area contributed by atoms with Crippen molar-refractivity contribution in [2.45, 2.75) is 30.2 Å².